The zero-order chi connectivity index (χ0) is 19.1. The molecule has 1 aliphatic carbocycles. The fourth-order valence-electron chi connectivity index (χ4n) is 3.52. The van der Waals surface area contributed by atoms with Crippen LogP contribution in [0.4, 0.5) is 0 Å². The van der Waals surface area contributed by atoms with Gasteiger partial charge < -0.3 is 9.80 Å². The highest BCUT2D eigenvalue weighted by atomic mass is 32.2. The van der Waals surface area contributed by atoms with Crippen molar-refractivity contribution in [3.8, 4) is 0 Å². The van der Waals surface area contributed by atoms with Gasteiger partial charge in [0.2, 0.25) is 5.91 Å². The van der Waals surface area contributed by atoms with Gasteiger partial charge in [0.15, 0.2) is 0 Å². The summed E-state index contributed by atoms with van der Waals surface area (Å²) in [6.45, 7) is 4.93. The van der Waals surface area contributed by atoms with Crippen LogP contribution in [0.5, 0.6) is 0 Å². The Morgan fingerprint density at radius 1 is 1.12 bits per heavy atom. The fraction of sp³-hybridized carbons (Fsp3) is 0.619. The normalized spacial score (nSPS) is 15.1. The number of benzene rings is 1. The van der Waals surface area contributed by atoms with Gasteiger partial charge in [-0.2, -0.15) is 0 Å². The lowest BCUT2D eigenvalue weighted by atomic mass is 9.94. The molecule has 0 unspecified atom stereocenters. The second-order valence-electron chi connectivity index (χ2n) is 7.66. The molecule has 1 aromatic carbocycles. The minimum atomic E-state index is 0.0230. The molecule has 0 spiro atoms. The zero-order valence-corrected chi connectivity index (χ0v) is 17.3. The predicted molar refractivity (Wildman–Crippen MR) is 109 cm³/mol. The maximum Gasteiger partial charge on any atom is 0.254 e. The van der Waals surface area contributed by atoms with E-state index in [9.17, 15) is 9.59 Å². The number of nitrogens with zero attached hydrogens (tertiary/aromatic N) is 2. The number of thioether (sulfide) groups is 1. The van der Waals surface area contributed by atoms with E-state index >= 15 is 0 Å². The van der Waals surface area contributed by atoms with Crippen molar-refractivity contribution in [1.29, 1.82) is 0 Å². The van der Waals surface area contributed by atoms with Gasteiger partial charge in [-0.3, -0.25) is 9.59 Å². The van der Waals surface area contributed by atoms with Crippen molar-refractivity contribution in [2.45, 2.75) is 56.9 Å². The van der Waals surface area contributed by atoms with Crippen molar-refractivity contribution in [2.75, 3.05) is 26.4 Å². The molecule has 4 nitrogen and oxygen atoms in total. The molecule has 0 atom stereocenters. The summed E-state index contributed by atoms with van der Waals surface area (Å²) in [6, 6.07) is 7.99. The first kappa shape index (κ1) is 20.8. The molecule has 26 heavy (non-hydrogen) atoms. The largest absolute Gasteiger partial charge is 0.342 e. The number of carbonyl (C=O) groups excluding carboxylic acids is 2. The van der Waals surface area contributed by atoms with E-state index in [-0.39, 0.29) is 11.8 Å². The van der Waals surface area contributed by atoms with E-state index in [1.165, 1.54) is 31.0 Å². The molecule has 0 aromatic heterocycles. The van der Waals surface area contributed by atoms with E-state index in [2.05, 4.69) is 13.8 Å². The second kappa shape index (κ2) is 10.0. The van der Waals surface area contributed by atoms with Crippen LogP contribution in [0.25, 0.3) is 0 Å². The minimum absolute atomic E-state index is 0.0230. The molecule has 0 radical (unpaired) electrons. The molecule has 0 aliphatic heterocycles. The molecular weight excluding hydrogens is 344 g/mol. The van der Waals surface area contributed by atoms with Gasteiger partial charge in [-0.25, -0.2) is 0 Å². The standard InChI is InChI=1S/C21H32N2O2S/c1-16(2)14-22(3)21(25)18-12-8-9-13-19(18)26-15-20(24)23(4)17-10-6-5-7-11-17/h8-9,12-13,16-17H,5-7,10-11,14-15H2,1-4H3. The van der Waals surface area contributed by atoms with Crippen LogP contribution in [-0.2, 0) is 4.79 Å². The summed E-state index contributed by atoms with van der Waals surface area (Å²) in [6.07, 6.45) is 5.94. The van der Waals surface area contributed by atoms with Gasteiger partial charge in [0.25, 0.3) is 5.91 Å². The van der Waals surface area contributed by atoms with Gasteiger partial charge in [0.1, 0.15) is 0 Å². The molecule has 1 aliphatic rings. The van der Waals surface area contributed by atoms with E-state index in [0.717, 1.165) is 24.3 Å². The van der Waals surface area contributed by atoms with E-state index < -0.39 is 0 Å². The number of hydrogen-bond acceptors (Lipinski definition) is 3. The van der Waals surface area contributed by atoms with Gasteiger partial charge in [-0.15, -0.1) is 11.8 Å². The van der Waals surface area contributed by atoms with Crippen LogP contribution in [0.1, 0.15) is 56.3 Å². The van der Waals surface area contributed by atoms with E-state index in [1.807, 2.05) is 43.3 Å². The Labute approximate surface area is 162 Å². The number of rotatable bonds is 7. The van der Waals surface area contributed by atoms with Gasteiger partial charge in [0.05, 0.1) is 11.3 Å². The van der Waals surface area contributed by atoms with E-state index in [1.54, 1.807) is 4.90 Å². The third-order valence-corrected chi connectivity index (χ3v) is 6.03. The number of amides is 2. The fourth-order valence-corrected chi connectivity index (χ4v) is 4.49. The Balaban J connectivity index is 1.99. The lowest BCUT2D eigenvalue weighted by Crippen LogP contribution is -2.39. The topological polar surface area (TPSA) is 40.6 Å². The predicted octanol–water partition coefficient (Wildman–Crippen LogP) is 4.30. The first-order chi connectivity index (χ1) is 12.4. The van der Waals surface area contributed by atoms with E-state index in [0.29, 0.717) is 23.3 Å². The highest BCUT2D eigenvalue weighted by molar-refractivity contribution is 8.00. The molecule has 2 amide bonds. The lowest BCUT2D eigenvalue weighted by molar-refractivity contribution is -0.129. The van der Waals surface area contributed by atoms with Gasteiger partial charge in [0, 0.05) is 31.6 Å². The average Bonchev–Trinajstić information content (AvgIpc) is 2.65. The van der Waals surface area contributed by atoms with Crippen molar-refractivity contribution in [3.63, 3.8) is 0 Å². The van der Waals surface area contributed by atoms with Crippen molar-refractivity contribution < 1.29 is 9.59 Å². The van der Waals surface area contributed by atoms with Crippen molar-refractivity contribution in [3.05, 3.63) is 29.8 Å². The highest BCUT2D eigenvalue weighted by Crippen LogP contribution is 2.26. The second-order valence-corrected chi connectivity index (χ2v) is 8.68. The molecule has 0 heterocycles. The Kier molecular flexibility index (Phi) is 8.01. The van der Waals surface area contributed by atoms with Crippen molar-refractivity contribution in [1.82, 2.24) is 9.80 Å². The maximum atomic E-state index is 12.7. The van der Waals surface area contributed by atoms with Crippen molar-refractivity contribution in [2.24, 2.45) is 5.92 Å². The minimum Gasteiger partial charge on any atom is -0.342 e. The quantitative estimate of drug-likeness (QED) is 0.666. The van der Waals surface area contributed by atoms with Crippen molar-refractivity contribution >= 4 is 23.6 Å². The summed E-state index contributed by atoms with van der Waals surface area (Å²) < 4.78 is 0. The van der Waals surface area contributed by atoms with Crippen LogP contribution in [0, 0.1) is 5.92 Å². The molecule has 0 bridgehead atoms. The van der Waals surface area contributed by atoms with Crippen LogP contribution < -0.4 is 0 Å². The van der Waals surface area contributed by atoms with Crippen LogP contribution >= 0.6 is 11.8 Å². The van der Waals surface area contributed by atoms with Crippen LogP contribution in [-0.4, -0.2) is 54.0 Å². The van der Waals surface area contributed by atoms with E-state index in [4.69, 9.17) is 0 Å². The first-order valence-corrected chi connectivity index (χ1v) is 10.6. The third-order valence-electron chi connectivity index (χ3n) is 4.97. The summed E-state index contributed by atoms with van der Waals surface area (Å²) >= 11 is 1.47. The van der Waals surface area contributed by atoms with Crippen LogP contribution in [0.3, 0.4) is 0 Å². The zero-order valence-electron chi connectivity index (χ0n) is 16.5. The van der Waals surface area contributed by atoms with Gasteiger partial charge in [-0.05, 0) is 30.9 Å². The first-order valence-electron chi connectivity index (χ1n) is 9.63. The Morgan fingerprint density at radius 2 is 1.77 bits per heavy atom. The highest BCUT2D eigenvalue weighted by Gasteiger charge is 2.23. The molecule has 144 valence electrons. The molecule has 1 saturated carbocycles. The molecule has 0 N–H and O–H groups in total. The maximum absolute atomic E-state index is 12.7. The Hall–Kier alpha value is -1.49. The molecule has 0 saturated heterocycles. The summed E-state index contributed by atoms with van der Waals surface area (Å²) in [5.74, 6) is 0.981. The molecule has 5 heteroatoms. The monoisotopic (exact) mass is 376 g/mol. The van der Waals surface area contributed by atoms with Gasteiger partial charge in [-0.1, -0.05) is 45.2 Å². The van der Waals surface area contributed by atoms with Gasteiger partial charge >= 0.3 is 0 Å². The number of carbonyl (C=O) groups is 2. The summed E-state index contributed by atoms with van der Waals surface area (Å²) in [5, 5.41) is 0. The van der Waals surface area contributed by atoms with Crippen LogP contribution in [0.2, 0.25) is 0 Å². The molecule has 2 rings (SSSR count). The number of hydrogen-bond donors (Lipinski definition) is 0. The third kappa shape index (κ3) is 5.76. The Morgan fingerprint density at radius 3 is 2.42 bits per heavy atom. The average molecular weight is 377 g/mol. The molecule has 1 aromatic rings. The smallest absolute Gasteiger partial charge is 0.254 e. The summed E-state index contributed by atoms with van der Waals surface area (Å²) in [4.78, 5) is 29.9. The lowest BCUT2D eigenvalue weighted by Gasteiger charge is -2.31. The van der Waals surface area contributed by atoms with Crippen LogP contribution in [0.15, 0.2) is 29.2 Å². The molecule has 1 fully saturated rings. The summed E-state index contributed by atoms with van der Waals surface area (Å²) in [5.41, 5.74) is 0.689. The SMILES string of the molecule is CC(C)CN(C)C(=O)c1ccccc1SCC(=O)N(C)C1CCCCC1. The Bertz CT molecular complexity index is 612. The molecular formula is C21H32N2O2S. The summed E-state index contributed by atoms with van der Waals surface area (Å²) in [7, 11) is 3.76.